The van der Waals surface area contributed by atoms with Gasteiger partial charge in [-0.2, -0.15) is 0 Å². The average Bonchev–Trinajstić information content (AvgIpc) is 2.64. The fraction of sp³-hybridized carbons (Fsp3) is 0.364. The zero-order chi connectivity index (χ0) is 19.7. The zero-order valence-electron chi connectivity index (χ0n) is 16.6. The first-order valence-electron chi connectivity index (χ1n) is 8.93. The van der Waals surface area contributed by atoms with E-state index in [1.54, 1.807) is 0 Å². The van der Waals surface area contributed by atoms with Crippen molar-refractivity contribution in [2.24, 2.45) is 0 Å². The van der Waals surface area contributed by atoms with E-state index in [0.29, 0.717) is 12.0 Å². The quantitative estimate of drug-likeness (QED) is 0.820. The molecule has 0 spiro atoms. The summed E-state index contributed by atoms with van der Waals surface area (Å²) in [7, 11) is 1.33. The molecule has 0 aliphatic heterocycles. The van der Waals surface area contributed by atoms with Gasteiger partial charge < -0.3 is 10.1 Å². The zero-order valence-corrected chi connectivity index (χ0v) is 16.6. The number of benzene rings is 2. The van der Waals surface area contributed by atoms with Crippen molar-refractivity contribution in [3.05, 3.63) is 70.3 Å². The van der Waals surface area contributed by atoms with Crippen LogP contribution in [0.1, 0.15) is 46.5 Å². The molecule has 140 valence electrons. The molecule has 0 radical (unpaired) electrons. The Hall–Kier alpha value is -2.62. The molecule has 0 heterocycles. The smallest absolute Gasteiger partial charge is 0.328 e. The lowest BCUT2D eigenvalue weighted by Crippen LogP contribution is -2.43. The van der Waals surface area contributed by atoms with Gasteiger partial charge in [-0.15, -0.1) is 0 Å². The third-order valence-electron chi connectivity index (χ3n) is 4.06. The molecular formula is C22H29NO3. The summed E-state index contributed by atoms with van der Waals surface area (Å²) in [5, 5.41) is 2.82. The molecule has 0 aliphatic rings. The number of amides is 1. The maximum atomic E-state index is 12.6. The molecule has 0 aromatic heterocycles. The summed E-state index contributed by atoms with van der Waals surface area (Å²) in [6, 6.07) is 12.8. The minimum Gasteiger partial charge on any atom is -0.467 e. The van der Waals surface area contributed by atoms with Crippen molar-refractivity contribution < 1.29 is 14.3 Å². The van der Waals surface area contributed by atoms with Gasteiger partial charge in [0.05, 0.1) is 7.11 Å². The van der Waals surface area contributed by atoms with E-state index in [9.17, 15) is 9.59 Å². The number of nitrogens with one attached hydrogen (secondary N) is 1. The predicted molar refractivity (Wildman–Crippen MR) is 105 cm³/mol. The lowest BCUT2D eigenvalue weighted by atomic mass is 10.0. The molecule has 1 unspecified atom stereocenters. The maximum Gasteiger partial charge on any atom is 0.328 e. The standard InChI is InChI=1S/C20H23NO3.C2H6/c1-13-8-10-16(11-9-13)12-17(20(23)24-4)21-19(22)18-14(2)6-5-7-15(18)3;1-2/h5-11,17H,12H2,1-4H3,(H,21,22);1-2H3. The summed E-state index contributed by atoms with van der Waals surface area (Å²) in [5.41, 5.74) is 4.49. The first kappa shape index (κ1) is 21.4. The molecule has 0 aliphatic carbocycles. The van der Waals surface area contributed by atoms with Crippen LogP contribution in [0.5, 0.6) is 0 Å². The number of rotatable bonds is 5. The van der Waals surface area contributed by atoms with Crippen LogP contribution in [0.3, 0.4) is 0 Å². The fourth-order valence-corrected chi connectivity index (χ4v) is 2.70. The Morgan fingerprint density at radius 1 is 0.962 bits per heavy atom. The topological polar surface area (TPSA) is 55.4 Å². The van der Waals surface area contributed by atoms with Crippen LogP contribution in [0.15, 0.2) is 42.5 Å². The fourth-order valence-electron chi connectivity index (χ4n) is 2.70. The maximum absolute atomic E-state index is 12.6. The number of carbonyl (C=O) groups is 2. The van der Waals surface area contributed by atoms with Crippen molar-refractivity contribution >= 4 is 11.9 Å². The summed E-state index contributed by atoms with van der Waals surface area (Å²) >= 11 is 0. The van der Waals surface area contributed by atoms with Crippen molar-refractivity contribution in [1.29, 1.82) is 0 Å². The van der Waals surface area contributed by atoms with Crippen molar-refractivity contribution in [2.45, 2.75) is 47.1 Å². The van der Waals surface area contributed by atoms with Crippen molar-refractivity contribution in [1.82, 2.24) is 5.32 Å². The molecule has 1 amide bonds. The second-order valence-electron chi connectivity index (χ2n) is 6.01. The largest absolute Gasteiger partial charge is 0.467 e. The summed E-state index contributed by atoms with van der Waals surface area (Å²) in [5.74, 6) is -0.705. The number of hydrogen-bond donors (Lipinski definition) is 1. The Morgan fingerprint density at radius 2 is 1.50 bits per heavy atom. The molecule has 0 saturated carbocycles. The number of hydrogen-bond acceptors (Lipinski definition) is 3. The van der Waals surface area contributed by atoms with Crippen molar-refractivity contribution in [2.75, 3.05) is 7.11 Å². The van der Waals surface area contributed by atoms with Gasteiger partial charge in [0.15, 0.2) is 0 Å². The summed E-state index contributed by atoms with van der Waals surface area (Å²) in [6.07, 6.45) is 0.392. The van der Waals surface area contributed by atoms with Crippen LogP contribution in [-0.4, -0.2) is 25.0 Å². The number of aryl methyl sites for hydroxylation is 3. The lowest BCUT2D eigenvalue weighted by molar-refractivity contribution is -0.142. The second kappa shape index (κ2) is 10.4. The molecule has 26 heavy (non-hydrogen) atoms. The normalized spacial score (nSPS) is 11.0. The van der Waals surface area contributed by atoms with Gasteiger partial charge in [0.2, 0.25) is 0 Å². The van der Waals surface area contributed by atoms with Crippen molar-refractivity contribution in [3.8, 4) is 0 Å². The van der Waals surface area contributed by atoms with Crippen LogP contribution in [0.4, 0.5) is 0 Å². The minimum atomic E-state index is -0.718. The van der Waals surface area contributed by atoms with E-state index in [1.807, 2.05) is 77.1 Å². The monoisotopic (exact) mass is 355 g/mol. The van der Waals surface area contributed by atoms with Crippen molar-refractivity contribution in [3.63, 3.8) is 0 Å². The molecule has 2 aromatic rings. The molecule has 2 rings (SSSR count). The number of methoxy groups -OCH3 is 1. The number of carbonyl (C=O) groups excluding carboxylic acids is 2. The van der Waals surface area contributed by atoms with Gasteiger partial charge >= 0.3 is 5.97 Å². The highest BCUT2D eigenvalue weighted by molar-refractivity contribution is 5.99. The number of ether oxygens (including phenoxy) is 1. The van der Waals surface area contributed by atoms with Gasteiger partial charge in [-0.3, -0.25) is 4.79 Å². The van der Waals surface area contributed by atoms with Gasteiger partial charge in [0.25, 0.3) is 5.91 Å². The Balaban J connectivity index is 0.00000163. The Kier molecular flexibility index (Phi) is 8.56. The average molecular weight is 355 g/mol. The molecule has 0 saturated heterocycles. The van der Waals surface area contributed by atoms with E-state index in [1.165, 1.54) is 7.11 Å². The van der Waals surface area contributed by atoms with E-state index in [4.69, 9.17) is 4.74 Å². The Bertz CT molecular complexity index is 715. The molecule has 0 fully saturated rings. The van der Waals surface area contributed by atoms with Gasteiger partial charge in [-0.25, -0.2) is 4.79 Å². The lowest BCUT2D eigenvalue weighted by Gasteiger charge is -2.18. The van der Waals surface area contributed by atoms with E-state index in [0.717, 1.165) is 22.3 Å². The predicted octanol–water partition coefficient (Wildman–Crippen LogP) is 4.15. The van der Waals surface area contributed by atoms with Crippen LogP contribution in [-0.2, 0) is 16.0 Å². The van der Waals surface area contributed by atoms with E-state index in [-0.39, 0.29) is 5.91 Å². The van der Waals surface area contributed by atoms with Gasteiger partial charge in [0, 0.05) is 12.0 Å². The summed E-state index contributed by atoms with van der Waals surface area (Å²) in [4.78, 5) is 24.7. The van der Waals surface area contributed by atoms with Crippen LogP contribution in [0, 0.1) is 20.8 Å². The third-order valence-corrected chi connectivity index (χ3v) is 4.06. The molecule has 4 heteroatoms. The minimum absolute atomic E-state index is 0.256. The molecule has 2 aromatic carbocycles. The van der Waals surface area contributed by atoms with Gasteiger partial charge in [0.1, 0.15) is 6.04 Å². The molecular weight excluding hydrogens is 326 g/mol. The van der Waals surface area contributed by atoms with E-state index < -0.39 is 12.0 Å². The SMILES string of the molecule is CC.COC(=O)C(Cc1ccc(C)cc1)NC(=O)c1c(C)cccc1C. The van der Waals surface area contributed by atoms with Crippen LogP contribution < -0.4 is 5.32 Å². The molecule has 0 bridgehead atoms. The van der Waals surface area contributed by atoms with E-state index in [2.05, 4.69) is 5.32 Å². The summed E-state index contributed by atoms with van der Waals surface area (Å²) < 4.78 is 4.85. The number of esters is 1. The van der Waals surface area contributed by atoms with Gasteiger partial charge in [-0.05, 0) is 37.5 Å². The highest BCUT2D eigenvalue weighted by atomic mass is 16.5. The molecule has 1 atom stereocenters. The van der Waals surface area contributed by atoms with E-state index >= 15 is 0 Å². The second-order valence-corrected chi connectivity index (χ2v) is 6.01. The third kappa shape index (κ3) is 5.73. The molecule has 4 nitrogen and oxygen atoms in total. The molecule has 1 N–H and O–H groups in total. The van der Waals surface area contributed by atoms with Crippen LogP contribution >= 0.6 is 0 Å². The Morgan fingerprint density at radius 3 is 2.00 bits per heavy atom. The van der Waals surface area contributed by atoms with Crippen LogP contribution in [0.2, 0.25) is 0 Å². The highest BCUT2D eigenvalue weighted by Crippen LogP contribution is 2.14. The van der Waals surface area contributed by atoms with Gasteiger partial charge in [-0.1, -0.05) is 61.9 Å². The Labute approximate surface area is 156 Å². The highest BCUT2D eigenvalue weighted by Gasteiger charge is 2.24. The van der Waals surface area contributed by atoms with Crippen LogP contribution in [0.25, 0.3) is 0 Å². The first-order valence-corrected chi connectivity index (χ1v) is 8.93. The summed E-state index contributed by atoms with van der Waals surface area (Å²) in [6.45, 7) is 9.77. The first-order chi connectivity index (χ1) is 12.4.